The van der Waals surface area contributed by atoms with Gasteiger partial charge in [0, 0.05) is 30.2 Å². The molecule has 1 aromatic rings. The molecule has 3 aliphatic rings. The number of carbonyl (C=O) groups excluding carboxylic acids is 2. The Kier molecular flexibility index (Phi) is 5.13. The van der Waals surface area contributed by atoms with Crippen molar-refractivity contribution in [1.82, 2.24) is 15.3 Å². The molecule has 4 rings (SSSR count). The average molecular weight is 372 g/mol. The molecule has 0 aliphatic heterocycles. The van der Waals surface area contributed by atoms with Crippen molar-refractivity contribution < 1.29 is 9.59 Å². The van der Waals surface area contributed by atoms with Gasteiger partial charge in [0.25, 0.3) is 5.91 Å². The van der Waals surface area contributed by atoms with Crippen molar-refractivity contribution in [2.45, 2.75) is 75.9 Å². The number of anilines is 2. The Morgan fingerprint density at radius 1 is 0.926 bits per heavy atom. The summed E-state index contributed by atoms with van der Waals surface area (Å²) in [5.41, 5.74) is 5.80. The molecule has 0 bridgehead atoms. The van der Waals surface area contributed by atoms with Gasteiger partial charge < -0.3 is 21.7 Å². The van der Waals surface area contributed by atoms with E-state index >= 15 is 0 Å². The molecule has 1 aromatic heterocycles. The van der Waals surface area contributed by atoms with E-state index in [2.05, 4.69) is 25.9 Å². The van der Waals surface area contributed by atoms with Gasteiger partial charge >= 0.3 is 0 Å². The lowest BCUT2D eigenvalue weighted by atomic mass is 9.85. The van der Waals surface area contributed by atoms with Gasteiger partial charge in [-0.05, 0) is 57.8 Å². The number of aromatic nitrogens is 2. The summed E-state index contributed by atoms with van der Waals surface area (Å²) in [6.45, 7) is 0. The number of hydrogen-bond acceptors (Lipinski definition) is 6. The second-order valence-electron chi connectivity index (χ2n) is 8.07. The fourth-order valence-corrected chi connectivity index (χ4v) is 3.72. The summed E-state index contributed by atoms with van der Waals surface area (Å²) >= 11 is 0. The molecule has 8 nitrogen and oxygen atoms in total. The minimum absolute atomic E-state index is 0.0977. The highest BCUT2D eigenvalue weighted by Gasteiger charge is 2.31. The smallest absolute Gasteiger partial charge is 0.254 e. The molecule has 0 saturated heterocycles. The third kappa shape index (κ3) is 4.48. The quantitative estimate of drug-likeness (QED) is 0.579. The van der Waals surface area contributed by atoms with Crippen LogP contribution in [0.3, 0.4) is 0 Å². The molecule has 2 amide bonds. The minimum atomic E-state index is -0.537. The zero-order valence-electron chi connectivity index (χ0n) is 15.5. The molecular formula is C19H28N6O2. The van der Waals surface area contributed by atoms with Crippen LogP contribution in [0.1, 0.15) is 68.1 Å². The summed E-state index contributed by atoms with van der Waals surface area (Å²) in [6, 6.07) is 1.01. The lowest BCUT2D eigenvalue weighted by Crippen LogP contribution is -2.37. The maximum atomic E-state index is 12.2. The summed E-state index contributed by atoms with van der Waals surface area (Å²) < 4.78 is 0. The van der Waals surface area contributed by atoms with Crippen LogP contribution in [-0.2, 0) is 4.79 Å². The van der Waals surface area contributed by atoms with E-state index in [0.717, 1.165) is 51.4 Å². The van der Waals surface area contributed by atoms with E-state index in [1.807, 2.05) is 0 Å². The van der Waals surface area contributed by atoms with Crippen molar-refractivity contribution in [2.75, 3.05) is 10.6 Å². The van der Waals surface area contributed by atoms with E-state index in [0.29, 0.717) is 29.4 Å². The molecule has 27 heavy (non-hydrogen) atoms. The Morgan fingerprint density at radius 2 is 1.59 bits per heavy atom. The first-order valence-corrected chi connectivity index (χ1v) is 10.1. The molecule has 0 unspecified atom stereocenters. The van der Waals surface area contributed by atoms with Crippen molar-refractivity contribution in [2.24, 2.45) is 11.7 Å². The first-order chi connectivity index (χ1) is 13.1. The highest BCUT2D eigenvalue weighted by Crippen LogP contribution is 2.29. The number of amides is 2. The van der Waals surface area contributed by atoms with E-state index in [1.54, 1.807) is 0 Å². The molecule has 0 atom stereocenters. The van der Waals surface area contributed by atoms with Crippen LogP contribution in [0.4, 0.5) is 11.8 Å². The summed E-state index contributed by atoms with van der Waals surface area (Å²) in [4.78, 5) is 32.7. The third-order valence-electron chi connectivity index (χ3n) is 5.86. The number of primary amides is 1. The summed E-state index contributed by atoms with van der Waals surface area (Å²) in [5, 5.41) is 9.77. The lowest BCUT2D eigenvalue weighted by Gasteiger charge is -2.29. The minimum Gasteiger partial charge on any atom is -0.367 e. The van der Waals surface area contributed by atoms with Crippen LogP contribution in [0.2, 0.25) is 0 Å². The maximum Gasteiger partial charge on any atom is 0.254 e. The van der Waals surface area contributed by atoms with Gasteiger partial charge in [-0.2, -0.15) is 4.98 Å². The van der Waals surface area contributed by atoms with E-state index in [1.165, 1.54) is 12.6 Å². The first-order valence-electron chi connectivity index (χ1n) is 10.1. The maximum absolute atomic E-state index is 12.2. The van der Waals surface area contributed by atoms with Crippen molar-refractivity contribution in [3.8, 4) is 0 Å². The highest BCUT2D eigenvalue weighted by atomic mass is 16.2. The molecular weight excluding hydrogens is 344 g/mol. The normalized spacial score (nSPS) is 25.3. The predicted molar refractivity (Wildman–Crippen MR) is 102 cm³/mol. The van der Waals surface area contributed by atoms with Gasteiger partial charge in [-0.1, -0.05) is 0 Å². The molecule has 146 valence electrons. The Morgan fingerprint density at radius 3 is 2.19 bits per heavy atom. The molecule has 8 heteroatoms. The number of nitrogens with one attached hydrogen (secondary N) is 3. The van der Waals surface area contributed by atoms with Crippen LogP contribution in [-0.4, -0.2) is 39.9 Å². The molecule has 5 N–H and O–H groups in total. The van der Waals surface area contributed by atoms with Gasteiger partial charge in [-0.25, -0.2) is 4.98 Å². The predicted octanol–water partition coefficient (Wildman–Crippen LogP) is 1.79. The number of carbonyl (C=O) groups is 2. The molecule has 0 spiro atoms. The Labute approximate surface area is 159 Å². The van der Waals surface area contributed by atoms with E-state index < -0.39 is 5.91 Å². The number of rotatable bonds is 7. The monoisotopic (exact) mass is 372 g/mol. The summed E-state index contributed by atoms with van der Waals surface area (Å²) in [6.07, 6.45) is 10.6. The lowest BCUT2D eigenvalue weighted by molar-refractivity contribution is -0.126. The number of nitrogens with two attached hydrogens (primary N) is 1. The van der Waals surface area contributed by atoms with Crippen LogP contribution < -0.4 is 21.7 Å². The van der Waals surface area contributed by atoms with Crippen molar-refractivity contribution in [3.05, 3.63) is 11.8 Å². The van der Waals surface area contributed by atoms with Gasteiger partial charge in [-0.15, -0.1) is 0 Å². The van der Waals surface area contributed by atoms with Crippen LogP contribution in [0.25, 0.3) is 0 Å². The van der Waals surface area contributed by atoms with Gasteiger partial charge in [0.15, 0.2) is 0 Å². The Bertz CT molecular complexity index is 708. The van der Waals surface area contributed by atoms with Gasteiger partial charge in [0.1, 0.15) is 5.82 Å². The van der Waals surface area contributed by atoms with Gasteiger partial charge in [0.2, 0.25) is 11.9 Å². The van der Waals surface area contributed by atoms with Gasteiger partial charge in [0.05, 0.1) is 5.56 Å². The molecule has 3 saturated carbocycles. The van der Waals surface area contributed by atoms with E-state index in [9.17, 15) is 9.59 Å². The Hall–Kier alpha value is -2.38. The average Bonchev–Trinajstić information content (AvgIpc) is 3.43. The van der Waals surface area contributed by atoms with Crippen molar-refractivity contribution in [3.63, 3.8) is 0 Å². The fourth-order valence-electron chi connectivity index (χ4n) is 3.72. The molecule has 0 radical (unpaired) electrons. The van der Waals surface area contributed by atoms with E-state index in [4.69, 9.17) is 5.73 Å². The highest BCUT2D eigenvalue weighted by molar-refractivity contribution is 5.97. The van der Waals surface area contributed by atoms with Gasteiger partial charge in [-0.3, -0.25) is 9.59 Å². The fraction of sp³-hybridized carbons (Fsp3) is 0.684. The molecule has 3 aliphatic carbocycles. The topological polar surface area (TPSA) is 122 Å². The largest absolute Gasteiger partial charge is 0.367 e. The second kappa shape index (κ2) is 7.70. The van der Waals surface area contributed by atoms with E-state index in [-0.39, 0.29) is 17.9 Å². The Balaban J connectivity index is 1.36. The van der Waals surface area contributed by atoms with Crippen LogP contribution in [0.15, 0.2) is 6.20 Å². The number of hydrogen-bond donors (Lipinski definition) is 4. The second-order valence-corrected chi connectivity index (χ2v) is 8.07. The van der Waals surface area contributed by atoms with Crippen LogP contribution in [0, 0.1) is 5.92 Å². The molecule has 1 heterocycles. The zero-order chi connectivity index (χ0) is 18.8. The standard InChI is InChI=1S/C19H28N6O2/c20-16(26)15-10-21-19(24-12-2-1-3-12)25-17(15)22-13-6-4-11(5-7-13)18(27)23-14-8-9-14/h10-14H,1-9H2,(H2,20,26)(H,23,27)(H2,21,22,24,25)/t11-,13+. The first kappa shape index (κ1) is 18.0. The zero-order valence-corrected chi connectivity index (χ0v) is 15.5. The third-order valence-corrected chi connectivity index (χ3v) is 5.86. The molecule has 0 aromatic carbocycles. The number of nitrogens with zero attached hydrogens (tertiary/aromatic N) is 2. The van der Waals surface area contributed by atoms with Crippen molar-refractivity contribution >= 4 is 23.6 Å². The van der Waals surface area contributed by atoms with Crippen LogP contribution >= 0.6 is 0 Å². The van der Waals surface area contributed by atoms with Crippen LogP contribution in [0.5, 0.6) is 0 Å². The summed E-state index contributed by atoms with van der Waals surface area (Å²) in [5.74, 6) is 0.781. The molecule has 3 fully saturated rings. The summed E-state index contributed by atoms with van der Waals surface area (Å²) in [7, 11) is 0. The van der Waals surface area contributed by atoms with Crippen molar-refractivity contribution in [1.29, 1.82) is 0 Å². The SMILES string of the molecule is NC(=O)c1cnc(NC2CCC2)nc1N[C@H]1CC[C@@H](C(=O)NC2CC2)CC1.